The maximum Gasteiger partial charge on any atom is 0.115 e. The van der Waals surface area contributed by atoms with Crippen LogP contribution in [0, 0.1) is 0 Å². The van der Waals surface area contributed by atoms with Gasteiger partial charge in [0.15, 0.2) is 0 Å². The number of aromatic nitrogens is 2. The van der Waals surface area contributed by atoms with Crippen LogP contribution in [0.2, 0.25) is 0 Å². The molecule has 2 aromatic rings. The highest BCUT2D eigenvalue weighted by molar-refractivity contribution is 5.27. The van der Waals surface area contributed by atoms with Crippen molar-refractivity contribution in [3.8, 4) is 5.75 Å². The number of imidazole rings is 1. The van der Waals surface area contributed by atoms with Crippen LogP contribution in [-0.2, 0) is 13.0 Å². The van der Waals surface area contributed by atoms with Gasteiger partial charge in [-0.15, -0.1) is 0 Å². The summed E-state index contributed by atoms with van der Waals surface area (Å²) in [6.07, 6.45) is 4.69. The molecule has 0 aliphatic rings. The molecule has 0 atom stereocenters. The lowest BCUT2D eigenvalue weighted by atomic mass is 10.2. The lowest BCUT2D eigenvalue weighted by Crippen LogP contribution is -2.02. The molecule has 0 bridgehead atoms. The summed E-state index contributed by atoms with van der Waals surface area (Å²) < 4.78 is 2.09. The molecule has 1 N–H and O–H groups in total. The molecule has 0 fully saturated rings. The molecule has 0 unspecified atom stereocenters. The van der Waals surface area contributed by atoms with E-state index in [9.17, 15) is 5.11 Å². The molecular weight excluding hydrogens is 188 g/mol. The minimum atomic E-state index is 0.311. The first kappa shape index (κ1) is 9.77. The number of hydrogen-bond donors (Lipinski definition) is 1. The number of aryl methyl sites for hydroxylation is 1. The number of aromatic hydroxyl groups is 1. The van der Waals surface area contributed by atoms with Gasteiger partial charge in [-0.05, 0) is 17.7 Å². The lowest BCUT2D eigenvalue weighted by molar-refractivity contribution is 0.474. The van der Waals surface area contributed by atoms with Crippen molar-refractivity contribution in [3.05, 3.63) is 48.0 Å². The fourth-order valence-corrected chi connectivity index (χ4v) is 1.65. The summed E-state index contributed by atoms with van der Waals surface area (Å²) in [5.41, 5.74) is 1.09. The molecule has 0 aliphatic heterocycles. The predicted octanol–water partition coefficient (Wildman–Crippen LogP) is 2.20. The summed E-state index contributed by atoms with van der Waals surface area (Å²) in [7, 11) is 0. The minimum absolute atomic E-state index is 0.311. The highest BCUT2D eigenvalue weighted by Gasteiger charge is 2.01. The number of nitrogens with zero attached hydrogens (tertiary/aromatic N) is 2. The van der Waals surface area contributed by atoms with E-state index in [-0.39, 0.29) is 0 Å². The number of phenolic OH excluding ortho intramolecular Hbond substituents is 1. The number of phenols is 1. The van der Waals surface area contributed by atoms with Gasteiger partial charge >= 0.3 is 0 Å². The van der Waals surface area contributed by atoms with E-state index in [1.807, 2.05) is 24.5 Å². The van der Waals surface area contributed by atoms with E-state index in [4.69, 9.17) is 0 Å². The highest BCUT2D eigenvalue weighted by Crippen LogP contribution is 2.13. The lowest BCUT2D eigenvalue weighted by Gasteiger charge is -2.06. The zero-order valence-corrected chi connectivity index (χ0v) is 8.72. The molecule has 15 heavy (non-hydrogen) atoms. The van der Waals surface area contributed by atoms with Gasteiger partial charge in [0, 0.05) is 25.4 Å². The highest BCUT2D eigenvalue weighted by atomic mass is 16.3. The molecule has 3 heteroatoms. The second kappa shape index (κ2) is 4.17. The molecule has 0 radical (unpaired) electrons. The van der Waals surface area contributed by atoms with Crippen LogP contribution < -0.4 is 0 Å². The van der Waals surface area contributed by atoms with Crippen LogP contribution in [0.3, 0.4) is 0 Å². The van der Waals surface area contributed by atoms with Crippen LogP contribution in [0.5, 0.6) is 5.75 Å². The van der Waals surface area contributed by atoms with Gasteiger partial charge in [-0.2, -0.15) is 0 Å². The first-order valence-corrected chi connectivity index (χ1v) is 5.07. The summed E-state index contributed by atoms with van der Waals surface area (Å²) in [6.45, 7) is 2.85. The van der Waals surface area contributed by atoms with Crippen LogP contribution in [0.15, 0.2) is 36.7 Å². The van der Waals surface area contributed by atoms with E-state index in [0.29, 0.717) is 5.75 Å². The zero-order valence-electron chi connectivity index (χ0n) is 8.72. The Kier molecular flexibility index (Phi) is 2.72. The second-order valence-electron chi connectivity index (χ2n) is 3.49. The first-order valence-electron chi connectivity index (χ1n) is 5.07. The van der Waals surface area contributed by atoms with Crippen molar-refractivity contribution in [2.45, 2.75) is 19.9 Å². The third kappa shape index (κ3) is 2.18. The van der Waals surface area contributed by atoms with Gasteiger partial charge in [0.05, 0.1) is 0 Å². The van der Waals surface area contributed by atoms with E-state index >= 15 is 0 Å². The van der Waals surface area contributed by atoms with Crippen LogP contribution in [0.25, 0.3) is 0 Å². The molecular formula is C12H14N2O. The maximum absolute atomic E-state index is 9.34. The van der Waals surface area contributed by atoms with Crippen molar-refractivity contribution < 1.29 is 5.11 Å². The van der Waals surface area contributed by atoms with Gasteiger partial charge in [-0.3, -0.25) is 0 Å². The zero-order chi connectivity index (χ0) is 10.7. The average Bonchev–Trinajstić information content (AvgIpc) is 2.65. The van der Waals surface area contributed by atoms with Crippen LogP contribution in [-0.4, -0.2) is 14.7 Å². The van der Waals surface area contributed by atoms with Crippen molar-refractivity contribution in [3.63, 3.8) is 0 Å². The van der Waals surface area contributed by atoms with Gasteiger partial charge in [-0.1, -0.05) is 19.1 Å². The molecule has 1 aromatic heterocycles. The second-order valence-corrected chi connectivity index (χ2v) is 3.49. The van der Waals surface area contributed by atoms with Gasteiger partial charge in [0.1, 0.15) is 11.6 Å². The van der Waals surface area contributed by atoms with Gasteiger partial charge in [-0.25, -0.2) is 4.98 Å². The van der Waals surface area contributed by atoms with Crippen molar-refractivity contribution in [2.24, 2.45) is 0 Å². The largest absolute Gasteiger partial charge is 0.508 e. The standard InChI is InChI=1S/C12H14N2O/c1-2-12-13-6-7-14(12)9-10-4-3-5-11(15)8-10/h3-8,15H,2,9H2,1H3. The Morgan fingerprint density at radius 2 is 2.27 bits per heavy atom. The third-order valence-electron chi connectivity index (χ3n) is 2.38. The first-order chi connectivity index (χ1) is 7.29. The van der Waals surface area contributed by atoms with E-state index in [2.05, 4.69) is 16.5 Å². The van der Waals surface area contributed by atoms with Crippen LogP contribution in [0.1, 0.15) is 18.3 Å². The molecule has 0 spiro atoms. The van der Waals surface area contributed by atoms with Crippen molar-refractivity contribution >= 4 is 0 Å². The number of hydrogen-bond acceptors (Lipinski definition) is 2. The predicted molar refractivity (Wildman–Crippen MR) is 58.8 cm³/mol. The normalized spacial score (nSPS) is 10.5. The fourth-order valence-electron chi connectivity index (χ4n) is 1.65. The average molecular weight is 202 g/mol. The van der Waals surface area contributed by atoms with Gasteiger partial charge in [0.25, 0.3) is 0 Å². The molecule has 1 heterocycles. The Balaban J connectivity index is 2.22. The monoisotopic (exact) mass is 202 g/mol. The summed E-state index contributed by atoms with van der Waals surface area (Å²) in [6, 6.07) is 7.31. The summed E-state index contributed by atoms with van der Waals surface area (Å²) in [5, 5.41) is 9.34. The molecule has 78 valence electrons. The Labute approximate surface area is 89.0 Å². The summed E-state index contributed by atoms with van der Waals surface area (Å²) in [5.74, 6) is 1.38. The topological polar surface area (TPSA) is 38.0 Å². The van der Waals surface area contributed by atoms with E-state index in [0.717, 1.165) is 24.4 Å². The smallest absolute Gasteiger partial charge is 0.115 e. The molecule has 1 aromatic carbocycles. The third-order valence-corrected chi connectivity index (χ3v) is 2.38. The molecule has 0 aliphatic carbocycles. The van der Waals surface area contributed by atoms with Crippen molar-refractivity contribution in [2.75, 3.05) is 0 Å². The van der Waals surface area contributed by atoms with Gasteiger partial charge < -0.3 is 9.67 Å². The quantitative estimate of drug-likeness (QED) is 0.828. The summed E-state index contributed by atoms with van der Waals surface area (Å²) in [4.78, 5) is 4.25. The molecule has 0 amide bonds. The van der Waals surface area contributed by atoms with Crippen molar-refractivity contribution in [1.29, 1.82) is 0 Å². The van der Waals surface area contributed by atoms with E-state index in [1.54, 1.807) is 12.1 Å². The molecule has 2 rings (SSSR count). The summed E-state index contributed by atoms with van der Waals surface area (Å²) >= 11 is 0. The molecule has 0 saturated carbocycles. The van der Waals surface area contributed by atoms with E-state index < -0.39 is 0 Å². The molecule has 3 nitrogen and oxygen atoms in total. The SMILES string of the molecule is CCc1nccn1Cc1cccc(O)c1. The minimum Gasteiger partial charge on any atom is -0.508 e. The number of rotatable bonds is 3. The Morgan fingerprint density at radius 1 is 1.40 bits per heavy atom. The van der Waals surface area contributed by atoms with E-state index in [1.165, 1.54) is 0 Å². The maximum atomic E-state index is 9.34. The number of benzene rings is 1. The Bertz CT molecular complexity index is 448. The van der Waals surface area contributed by atoms with Crippen molar-refractivity contribution in [1.82, 2.24) is 9.55 Å². The Hall–Kier alpha value is -1.77. The fraction of sp³-hybridized carbons (Fsp3) is 0.250. The van der Waals surface area contributed by atoms with Crippen LogP contribution in [0.4, 0.5) is 0 Å². The molecule has 0 saturated heterocycles. The Morgan fingerprint density at radius 3 is 3.00 bits per heavy atom. The van der Waals surface area contributed by atoms with Crippen LogP contribution >= 0.6 is 0 Å². The van der Waals surface area contributed by atoms with Gasteiger partial charge in [0.2, 0.25) is 0 Å².